The Morgan fingerprint density at radius 3 is 2.51 bits per heavy atom. The number of hydrogen-bond donors (Lipinski definition) is 0. The molecule has 2 aromatic carbocycles. The molecule has 0 aliphatic heterocycles. The van der Waals surface area contributed by atoms with Crippen LogP contribution >= 0.6 is 11.5 Å². The topological polar surface area (TPSA) is 109 Å². The summed E-state index contributed by atoms with van der Waals surface area (Å²) in [5, 5.41) is 12.2. The fraction of sp³-hybridized carbons (Fsp3) is 0.308. The zero-order valence-corrected chi connectivity index (χ0v) is 22.2. The van der Waals surface area contributed by atoms with Crippen LogP contribution < -0.4 is 21.1 Å². The second-order valence-corrected chi connectivity index (χ2v) is 10.1. The molecule has 206 valence electrons. The van der Waals surface area contributed by atoms with Gasteiger partial charge >= 0.3 is 11.9 Å². The number of hydrogen-bond acceptors (Lipinski definition) is 8. The SMILES string of the molecule is Cc1ccc(OC(CCN(C)C)C(=O)[O-])cc1-c1nsc2ccc(-n3c(=O)cc(C(F)(F)F)n(C)c3=O)cc12. The molecule has 39 heavy (non-hydrogen) atoms. The molecule has 0 aliphatic carbocycles. The fourth-order valence-corrected chi connectivity index (χ4v) is 4.86. The zero-order valence-electron chi connectivity index (χ0n) is 21.4. The number of aliphatic carboxylic acids is 1. The highest BCUT2D eigenvalue weighted by Gasteiger charge is 2.35. The third kappa shape index (κ3) is 5.73. The van der Waals surface area contributed by atoms with E-state index in [4.69, 9.17) is 4.74 Å². The number of rotatable bonds is 8. The maximum absolute atomic E-state index is 13.3. The second kappa shape index (κ2) is 10.7. The molecule has 0 aliphatic rings. The van der Waals surface area contributed by atoms with Gasteiger partial charge in [-0.25, -0.2) is 9.36 Å². The highest BCUT2D eigenvalue weighted by Crippen LogP contribution is 2.36. The molecule has 0 N–H and O–H groups in total. The highest BCUT2D eigenvalue weighted by atomic mass is 32.1. The first-order chi connectivity index (χ1) is 18.3. The molecule has 0 saturated heterocycles. The predicted molar refractivity (Wildman–Crippen MR) is 138 cm³/mol. The summed E-state index contributed by atoms with van der Waals surface area (Å²) in [7, 11) is 4.57. The molecule has 0 fully saturated rings. The number of carbonyl (C=O) groups excluding carboxylic acids is 1. The number of carboxylic acid groups (broad SMARTS) is 1. The van der Waals surface area contributed by atoms with E-state index >= 15 is 0 Å². The summed E-state index contributed by atoms with van der Waals surface area (Å²) in [4.78, 5) is 38.8. The third-order valence-electron chi connectivity index (χ3n) is 6.17. The monoisotopic (exact) mass is 561 g/mol. The normalized spacial score (nSPS) is 12.7. The van der Waals surface area contributed by atoms with Gasteiger partial charge in [0.1, 0.15) is 17.5 Å². The van der Waals surface area contributed by atoms with Gasteiger partial charge in [-0.3, -0.25) is 9.36 Å². The van der Waals surface area contributed by atoms with E-state index < -0.39 is 35.2 Å². The Kier molecular flexibility index (Phi) is 7.66. The standard InChI is InChI=1S/C26H25F3N4O5S/c1-14-5-7-16(38-19(24(35)36)9-10-31(2)3)12-17(14)23-18-11-15(6-8-20(18)39-30-23)33-22(34)13-21(26(27,28)29)32(4)25(33)37/h5-8,11-13,19H,9-10H2,1-4H3,(H,35,36)/p-1. The number of benzene rings is 2. The first kappa shape index (κ1) is 28.0. The van der Waals surface area contributed by atoms with Crippen LogP contribution in [-0.2, 0) is 18.0 Å². The number of carboxylic acids is 1. The fourth-order valence-electron chi connectivity index (χ4n) is 4.09. The first-order valence-corrected chi connectivity index (χ1v) is 12.5. The number of aryl methyl sites for hydroxylation is 1. The van der Waals surface area contributed by atoms with Crippen LogP contribution in [0.1, 0.15) is 17.7 Å². The molecule has 9 nitrogen and oxygen atoms in total. The van der Waals surface area contributed by atoms with E-state index in [2.05, 4.69) is 4.37 Å². The van der Waals surface area contributed by atoms with Gasteiger partial charge in [-0.2, -0.15) is 17.5 Å². The van der Waals surface area contributed by atoms with Crippen molar-refractivity contribution >= 4 is 27.6 Å². The van der Waals surface area contributed by atoms with Gasteiger partial charge in [0, 0.05) is 37.0 Å². The van der Waals surface area contributed by atoms with Crippen LogP contribution in [0.5, 0.6) is 5.75 Å². The maximum atomic E-state index is 13.3. The Bertz CT molecular complexity index is 1670. The lowest BCUT2D eigenvalue weighted by atomic mass is 10.0. The van der Waals surface area contributed by atoms with E-state index in [0.717, 1.165) is 24.1 Å². The van der Waals surface area contributed by atoms with E-state index in [1.807, 2.05) is 25.9 Å². The maximum Gasteiger partial charge on any atom is 0.431 e. The summed E-state index contributed by atoms with van der Waals surface area (Å²) >= 11 is 1.15. The van der Waals surface area contributed by atoms with Crippen molar-refractivity contribution in [1.82, 2.24) is 18.4 Å². The van der Waals surface area contributed by atoms with Gasteiger partial charge in [-0.1, -0.05) is 6.07 Å². The lowest BCUT2D eigenvalue weighted by molar-refractivity contribution is -0.313. The molecule has 0 bridgehead atoms. The van der Waals surface area contributed by atoms with E-state index in [1.165, 1.54) is 12.1 Å². The van der Waals surface area contributed by atoms with Gasteiger partial charge in [0.2, 0.25) is 0 Å². The number of nitrogens with zero attached hydrogens (tertiary/aromatic N) is 4. The highest BCUT2D eigenvalue weighted by molar-refractivity contribution is 7.13. The first-order valence-electron chi connectivity index (χ1n) is 11.7. The molecule has 13 heteroatoms. The van der Waals surface area contributed by atoms with Crippen LogP contribution in [0.4, 0.5) is 13.2 Å². The lowest BCUT2D eigenvalue weighted by Gasteiger charge is -2.22. The van der Waals surface area contributed by atoms with Crippen molar-refractivity contribution in [2.75, 3.05) is 20.6 Å². The summed E-state index contributed by atoms with van der Waals surface area (Å²) in [6, 6.07) is 10.0. The molecule has 0 amide bonds. The Morgan fingerprint density at radius 1 is 1.15 bits per heavy atom. The van der Waals surface area contributed by atoms with Gasteiger partial charge in [-0.05, 0) is 68.4 Å². The van der Waals surface area contributed by atoms with Crippen LogP contribution in [-0.4, -0.2) is 51.1 Å². The van der Waals surface area contributed by atoms with Crippen molar-refractivity contribution < 1.29 is 27.8 Å². The van der Waals surface area contributed by atoms with Gasteiger partial charge in [-0.15, -0.1) is 0 Å². The Morgan fingerprint density at radius 2 is 1.87 bits per heavy atom. The second-order valence-electron chi connectivity index (χ2n) is 9.25. The molecule has 1 unspecified atom stereocenters. The molecule has 4 aromatic rings. The van der Waals surface area contributed by atoms with Gasteiger partial charge in [0.25, 0.3) is 5.56 Å². The minimum atomic E-state index is -4.87. The Balaban J connectivity index is 1.79. The lowest BCUT2D eigenvalue weighted by Crippen LogP contribution is -2.41. The van der Waals surface area contributed by atoms with Crippen molar-refractivity contribution in [2.45, 2.75) is 25.6 Å². The van der Waals surface area contributed by atoms with Crippen molar-refractivity contribution in [3.8, 4) is 22.7 Å². The van der Waals surface area contributed by atoms with Crippen LogP contribution in [0, 0.1) is 6.92 Å². The van der Waals surface area contributed by atoms with Crippen molar-refractivity contribution in [1.29, 1.82) is 0 Å². The number of carbonyl (C=O) groups is 1. The van der Waals surface area contributed by atoms with E-state index in [-0.39, 0.29) is 17.9 Å². The predicted octanol–water partition coefficient (Wildman–Crippen LogP) is 2.59. The molecule has 0 saturated carbocycles. The molecule has 0 radical (unpaired) electrons. The van der Waals surface area contributed by atoms with Crippen molar-refractivity contribution in [2.24, 2.45) is 7.05 Å². The summed E-state index contributed by atoms with van der Waals surface area (Å²) in [5.41, 5.74) is -1.64. The third-order valence-corrected chi connectivity index (χ3v) is 6.99. The molecular formula is C26H24F3N4O5S-. The zero-order chi connectivity index (χ0) is 28.6. The number of aromatic nitrogens is 3. The Hall–Kier alpha value is -3.97. The summed E-state index contributed by atoms with van der Waals surface area (Å²) in [6.07, 6.45) is -5.84. The van der Waals surface area contributed by atoms with Crippen LogP contribution in [0.15, 0.2) is 52.1 Å². The summed E-state index contributed by atoms with van der Waals surface area (Å²) in [5.74, 6) is -1.06. The van der Waals surface area contributed by atoms with Gasteiger partial charge in [0.15, 0.2) is 0 Å². The smallest absolute Gasteiger partial charge is 0.431 e. The van der Waals surface area contributed by atoms with Gasteiger partial charge < -0.3 is 19.5 Å². The van der Waals surface area contributed by atoms with E-state index in [1.54, 1.807) is 24.3 Å². The number of alkyl halides is 3. The molecular weight excluding hydrogens is 537 g/mol. The number of halogens is 3. The van der Waals surface area contributed by atoms with E-state index in [0.29, 0.717) is 43.1 Å². The summed E-state index contributed by atoms with van der Waals surface area (Å²) in [6.45, 7) is 2.30. The molecule has 0 spiro atoms. The minimum Gasteiger partial charge on any atom is -0.546 e. The molecule has 1 atom stereocenters. The van der Waals surface area contributed by atoms with Gasteiger partial charge in [0.05, 0.1) is 22.1 Å². The van der Waals surface area contributed by atoms with Crippen LogP contribution in [0.25, 0.3) is 27.0 Å². The molecule has 2 heterocycles. The molecule has 4 rings (SSSR count). The quantitative estimate of drug-likeness (QED) is 0.325. The number of fused-ring (bicyclic) bond motifs is 1. The average molecular weight is 562 g/mol. The molecule has 2 aromatic heterocycles. The number of ether oxygens (including phenoxy) is 1. The van der Waals surface area contributed by atoms with Crippen molar-refractivity contribution in [3.05, 3.63) is 74.6 Å². The minimum absolute atomic E-state index is 0.0778. The average Bonchev–Trinajstić information content (AvgIpc) is 3.27. The summed E-state index contributed by atoms with van der Waals surface area (Å²) < 4.78 is 51.8. The van der Waals surface area contributed by atoms with E-state index in [9.17, 15) is 32.7 Å². The largest absolute Gasteiger partial charge is 0.546 e. The van der Waals surface area contributed by atoms with Crippen LogP contribution in [0.2, 0.25) is 0 Å². The van der Waals surface area contributed by atoms with Crippen LogP contribution in [0.3, 0.4) is 0 Å². The van der Waals surface area contributed by atoms with Crippen molar-refractivity contribution in [3.63, 3.8) is 0 Å². The Labute approximate surface area is 224 Å².